The Morgan fingerprint density at radius 2 is 1.83 bits per heavy atom. The van der Waals surface area contributed by atoms with Crippen molar-refractivity contribution in [2.24, 2.45) is 0 Å². The first-order valence-electron chi connectivity index (χ1n) is 7.91. The van der Waals surface area contributed by atoms with Crippen molar-refractivity contribution >= 4 is 27.4 Å². The quantitative estimate of drug-likeness (QED) is 0.720. The molecule has 3 heterocycles. The molecule has 1 aliphatic heterocycles. The van der Waals surface area contributed by atoms with Crippen molar-refractivity contribution in [3.05, 3.63) is 35.5 Å². The van der Waals surface area contributed by atoms with E-state index in [0.717, 1.165) is 35.3 Å². The van der Waals surface area contributed by atoms with Crippen molar-refractivity contribution in [2.45, 2.75) is 19.8 Å². The fraction of sp³-hybridized carbons (Fsp3) is 0.333. The summed E-state index contributed by atoms with van der Waals surface area (Å²) < 4.78 is 5.26. The zero-order chi connectivity index (χ0) is 15.8. The van der Waals surface area contributed by atoms with Crippen LogP contribution in [0.3, 0.4) is 0 Å². The van der Waals surface area contributed by atoms with Gasteiger partial charge in [0, 0.05) is 24.0 Å². The molecule has 118 valence electrons. The van der Waals surface area contributed by atoms with E-state index in [1.165, 1.54) is 29.4 Å². The van der Waals surface area contributed by atoms with E-state index in [0.29, 0.717) is 0 Å². The van der Waals surface area contributed by atoms with Gasteiger partial charge < -0.3 is 9.64 Å². The van der Waals surface area contributed by atoms with E-state index in [1.807, 2.05) is 19.1 Å². The van der Waals surface area contributed by atoms with Gasteiger partial charge in [-0.15, -0.1) is 11.3 Å². The molecular formula is C18H19N3OS. The van der Waals surface area contributed by atoms with Gasteiger partial charge >= 0.3 is 0 Å². The number of anilines is 1. The monoisotopic (exact) mass is 325 g/mol. The molecule has 0 N–H and O–H groups in total. The number of thiophene rings is 1. The maximum absolute atomic E-state index is 5.26. The summed E-state index contributed by atoms with van der Waals surface area (Å²) in [6, 6.07) is 8.22. The number of methoxy groups -OCH3 is 1. The van der Waals surface area contributed by atoms with Gasteiger partial charge in [-0.3, -0.25) is 0 Å². The minimum Gasteiger partial charge on any atom is -0.497 e. The lowest BCUT2D eigenvalue weighted by atomic mass is 10.1. The fourth-order valence-electron chi connectivity index (χ4n) is 3.17. The van der Waals surface area contributed by atoms with Crippen LogP contribution in [0.2, 0.25) is 0 Å². The third kappa shape index (κ3) is 2.55. The first-order chi connectivity index (χ1) is 11.3. The molecule has 1 saturated heterocycles. The Morgan fingerprint density at radius 1 is 1.09 bits per heavy atom. The van der Waals surface area contributed by atoms with Crippen LogP contribution in [0.15, 0.2) is 29.6 Å². The first kappa shape index (κ1) is 14.5. The van der Waals surface area contributed by atoms with Crippen LogP contribution in [0, 0.1) is 6.92 Å². The smallest absolute Gasteiger partial charge is 0.141 e. The van der Waals surface area contributed by atoms with Gasteiger partial charge in [0.1, 0.15) is 22.2 Å². The van der Waals surface area contributed by atoms with Gasteiger partial charge in [-0.25, -0.2) is 9.97 Å². The van der Waals surface area contributed by atoms with Crippen molar-refractivity contribution in [1.29, 1.82) is 0 Å². The molecular weight excluding hydrogens is 306 g/mol. The van der Waals surface area contributed by atoms with Crippen LogP contribution in [0.5, 0.6) is 5.75 Å². The Balaban J connectivity index is 1.89. The van der Waals surface area contributed by atoms with Crippen LogP contribution in [-0.4, -0.2) is 30.2 Å². The molecule has 1 fully saturated rings. The number of benzene rings is 1. The number of ether oxygens (including phenoxy) is 1. The molecule has 3 aromatic rings. The van der Waals surface area contributed by atoms with E-state index >= 15 is 0 Å². The fourth-order valence-corrected chi connectivity index (χ4v) is 4.16. The first-order valence-corrected chi connectivity index (χ1v) is 8.79. The maximum Gasteiger partial charge on any atom is 0.141 e. The Hall–Kier alpha value is -2.14. The zero-order valence-corrected chi connectivity index (χ0v) is 14.2. The zero-order valence-electron chi connectivity index (χ0n) is 13.4. The average molecular weight is 325 g/mol. The number of hydrogen-bond acceptors (Lipinski definition) is 5. The summed E-state index contributed by atoms with van der Waals surface area (Å²) >= 11 is 1.70. The maximum atomic E-state index is 5.26. The minimum atomic E-state index is 0.850. The standard InChI is InChI=1S/C18H19N3OS/c1-12-19-17(21-9-3-4-10-21)16-15(11-23-18(16)20-12)13-5-7-14(22-2)8-6-13/h5-8,11H,3-4,9-10H2,1-2H3. The lowest BCUT2D eigenvalue weighted by molar-refractivity contribution is 0.415. The van der Waals surface area contributed by atoms with Gasteiger partial charge in [0.2, 0.25) is 0 Å². The number of nitrogens with zero attached hydrogens (tertiary/aromatic N) is 3. The van der Waals surface area contributed by atoms with Crippen molar-refractivity contribution in [3.63, 3.8) is 0 Å². The molecule has 1 aliphatic rings. The van der Waals surface area contributed by atoms with E-state index in [4.69, 9.17) is 9.72 Å². The summed E-state index contributed by atoms with van der Waals surface area (Å²) in [7, 11) is 1.69. The average Bonchev–Trinajstić information content (AvgIpc) is 3.24. The molecule has 1 aromatic carbocycles. The summed E-state index contributed by atoms with van der Waals surface area (Å²) in [5.41, 5.74) is 2.40. The van der Waals surface area contributed by atoms with E-state index in [-0.39, 0.29) is 0 Å². The van der Waals surface area contributed by atoms with Gasteiger partial charge in [0.05, 0.1) is 12.5 Å². The molecule has 5 heteroatoms. The Morgan fingerprint density at radius 3 is 2.52 bits per heavy atom. The van der Waals surface area contributed by atoms with E-state index in [2.05, 4.69) is 27.4 Å². The normalized spacial score (nSPS) is 14.6. The Kier molecular flexibility index (Phi) is 3.65. The van der Waals surface area contributed by atoms with Crippen LogP contribution in [-0.2, 0) is 0 Å². The van der Waals surface area contributed by atoms with Gasteiger partial charge in [-0.2, -0.15) is 0 Å². The van der Waals surface area contributed by atoms with Crippen LogP contribution in [0.4, 0.5) is 5.82 Å². The molecule has 0 saturated carbocycles. The van der Waals surface area contributed by atoms with Crippen molar-refractivity contribution < 1.29 is 4.74 Å². The molecule has 0 atom stereocenters. The van der Waals surface area contributed by atoms with Gasteiger partial charge in [0.25, 0.3) is 0 Å². The Bertz CT molecular complexity index is 835. The summed E-state index contributed by atoms with van der Waals surface area (Å²) in [4.78, 5) is 12.9. The highest BCUT2D eigenvalue weighted by molar-refractivity contribution is 7.17. The lowest BCUT2D eigenvalue weighted by Crippen LogP contribution is -2.19. The molecule has 0 spiro atoms. The largest absolute Gasteiger partial charge is 0.497 e. The highest BCUT2D eigenvalue weighted by Gasteiger charge is 2.21. The highest BCUT2D eigenvalue weighted by atomic mass is 32.1. The molecule has 4 rings (SSSR count). The summed E-state index contributed by atoms with van der Waals surface area (Å²) in [5, 5.41) is 3.38. The second kappa shape index (κ2) is 5.81. The molecule has 23 heavy (non-hydrogen) atoms. The number of hydrogen-bond donors (Lipinski definition) is 0. The molecule has 0 bridgehead atoms. The van der Waals surface area contributed by atoms with Gasteiger partial charge in [0.15, 0.2) is 0 Å². The number of fused-ring (bicyclic) bond motifs is 1. The molecule has 0 unspecified atom stereocenters. The topological polar surface area (TPSA) is 38.3 Å². The second-order valence-corrected chi connectivity index (χ2v) is 6.70. The van der Waals surface area contributed by atoms with Gasteiger partial charge in [-0.05, 0) is 37.5 Å². The molecule has 4 nitrogen and oxygen atoms in total. The number of rotatable bonds is 3. The lowest BCUT2D eigenvalue weighted by Gasteiger charge is -2.18. The molecule has 0 amide bonds. The Labute approximate surface area is 139 Å². The van der Waals surface area contributed by atoms with Crippen molar-refractivity contribution in [1.82, 2.24) is 9.97 Å². The van der Waals surface area contributed by atoms with E-state index < -0.39 is 0 Å². The summed E-state index contributed by atoms with van der Waals surface area (Å²) in [6.07, 6.45) is 2.49. The molecule has 0 radical (unpaired) electrons. The molecule has 0 aliphatic carbocycles. The van der Waals surface area contributed by atoms with Crippen LogP contribution >= 0.6 is 11.3 Å². The van der Waals surface area contributed by atoms with Crippen molar-refractivity contribution in [2.75, 3.05) is 25.1 Å². The van der Waals surface area contributed by atoms with Crippen molar-refractivity contribution in [3.8, 4) is 16.9 Å². The minimum absolute atomic E-state index is 0.850. The van der Waals surface area contributed by atoms with Crippen LogP contribution in [0.25, 0.3) is 21.3 Å². The number of aromatic nitrogens is 2. The molecule has 2 aromatic heterocycles. The van der Waals surface area contributed by atoms with E-state index in [9.17, 15) is 0 Å². The highest BCUT2D eigenvalue weighted by Crippen LogP contribution is 2.39. The van der Waals surface area contributed by atoms with Crippen LogP contribution < -0.4 is 9.64 Å². The predicted octanol–water partition coefficient (Wildman–Crippen LogP) is 4.28. The summed E-state index contributed by atoms with van der Waals surface area (Å²) in [6.45, 7) is 4.15. The third-order valence-electron chi connectivity index (χ3n) is 4.33. The third-order valence-corrected chi connectivity index (χ3v) is 5.21. The van der Waals surface area contributed by atoms with Crippen LogP contribution in [0.1, 0.15) is 18.7 Å². The second-order valence-electron chi connectivity index (χ2n) is 5.85. The van der Waals surface area contributed by atoms with Gasteiger partial charge in [-0.1, -0.05) is 12.1 Å². The summed E-state index contributed by atoms with van der Waals surface area (Å²) in [5.74, 6) is 2.82. The predicted molar refractivity (Wildman–Crippen MR) is 95.6 cm³/mol. The SMILES string of the molecule is COc1ccc(-c2csc3nc(C)nc(N4CCCC4)c23)cc1. The number of aryl methyl sites for hydroxylation is 1. The van der Waals surface area contributed by atoms with E-state index in [1.54, 1.807) is 18.4 Å².